The fraction of sp³-hybridized carbons (Fsp3) is 0.455. The first-order valence-corrected chi connectivity index (χ1v) is 9.90. The van der Waals surface area contributed by atoms with Crippen LogP contribution in [-0.4, -0.2) is 22.6 Å². The van der Waals surface area contributed by atoms with Gasteiger partial charge in [0.25, 0.3) is 0 Å². The van der Waals surface area contributed by atoms with Crippen LogP contribution in [0.15, 0.2) is 42.0 Å². The molecular formula is C22H30N4O. The number of aryl methyl sites for hydroxylation is 1. The summed E-state index contributed by atoms with van der Waals surface area (Å²) in [6, 6.07) is 9.89. The molecule has 0 saturated carbocycles. The Kier molecular flexibility index (Phi) is 6.69. The zero-order valence-electron chi connectivity index (χ0n) is 16.6. The molecule has 5 nitrogen and oxygen atoms in total. The van der Waals surface area contributed by atoms with Gasteiger partial charge in [0.2, 0.25) is 0 Å². The van der Waals surface area contributed by atoms with E-state index in [9.17, 15) is 0 Å². The summed E-state index contributed by atoms with van der Waals surface area (Å²) in [6.45, 7) is 6.87. The van der Waals surface area contributed by atoms with Crippen molar-refractivity contribution >= 4 is 17.3 Å². The molecule has 2 aromatic rings. The maximum Gasteiger partial charge on any atom is 0.136 e. The number of aromatic nitrogens is 2. The van der Waals surface area contributed by atoms with Gasteiger partial charge in [-0.2, -0.15) is 0 Å². The summed E-state index contributed by atoms with van der Waals surface area (Å²) in [5.74, 6) is 3.27. The second kappa shape index (κ2) is 9.40. The van der Waals surface area contributed by atoms with E-state index in [0.717, 1.165) is 41.9 Å². The van der Waals surface area contributed by atoms with Crippen molar-refractivity contribution in [2.75, 3.05) is 17.2 Å². The molecule has 1 aliphatic rings. The van der Waals surface area contributed by atoms with E-state index in [1.165, 1.54) is 25.7 Å². The standard InChI is InChI=1S/C22H30N4O/c1-16(2)27-20-11-9-19(10-12-20)26-22-15-21(24-17(3)25-22)23-14-13-18-7-5-4-6-8-18/h7,9-12,15-16H,4-6,8,13-14H2,1-3H3,(H2,23,24,25,26). The minimum atomic E-state index is 0.173. The highest BCUT2D eigenvalue weighted by molar-refractivity contribution is 5.60. The molecule has 0 amide bonds. The highest BCUT2D eigenvalue weighted by Crippen LogP contribution is 2.22. The molecule has 1 heterocycles. The molecule has 0 fully saturated rings. The summed E-state index contributed by atoms with van der Waals surface area (Å²) in [7, 11) is 0. The van der Waals surface area contributed by atoms with Crippen LogP contribution in [0.25, 0.3) is 0 Å². The number of allylic oxidation sites excluding steroid dienone is 1. The lowest BCUT2D eigenvalue weighted by Gasteiger charge is -2.14. The van der Waals surface area contributed by atoms with Crippen molar-refractivity contribution in [2.45, 2.75) is 59.0 Å². The molecule has 27 heavy (non-hydrogen) atoms. The van der Waals surface area contributed by atoms with Gasteiger partial charge in [-0.05, 0) is 77.1 Å². The number of hydrogen-bond acceptors (Lipinski definition) is 5. The number of rotatable bonds is 8. The second-order valence-corrected chi connectivity index (χ2v) is 7.29. The Morgan fingerprint density at radius 3 is 2.56 bits per heavy atom. The Morgan fingerprint density at radius 2 is 1.85 bits per heavy atom. The van der Waals surface area contributed by atoms with Gasteiger partial charge in [-0.1, -0.05) is 11.6 Å². The van der Waals surface area contributed by atoms with E-state index in [-0.39, 0.29) is 6.10 Å². The number of ether oxygens (including phenoxy) is 1. The lowest BCUT2D eigenvalue weighted by atomic mass is 9.97. The monoisotopic (exact) mass is 366 g/mol. The number of nitrogens with zero attached hydrogens (tertiary/aromatic N) is 2. The highest BCUT2D eigenvalue weighted by atomic mass is 16.5. The molecule has 2 N–H and O–H groups in total. The molecule has 0 aliphatic heterocycles. The SMILES string of the molecule is Cc1nc(NCCC2=CCCCC2)cc(Nc2ccc(OC(C)C)cc2)n1. The van der Waals surface area contributed by atoms with Crippen molar-refractivity contribution in [1.29, 1.82) is 0 Å². The summed E-state index contributed by atoms with van der Waals surface area (Å²) in [5, 5.41) is 6.79. The van der Waals surface area contributed by atoms with Gasteiger partial charge in [0.15, 0.2) is 0 Å². The van der Waals surface area contributed by atoms with Crippen LogP contribution in [0.5, 0.6) is 5.75 Å². The van der Waals surface area contributed by atoms with E-state index >= 15 is 0 Å². The lowest BCUT2D eigenvalue weighted by Crippen LogP contribution is -2.08. The number of nitrogens with one attached hydrogen (secondary N) is 2. The molecule has 0 saturated heterocycles. The van der Waals surface area contributed by atoms with Crippen molar-refractivity contribution in [2.24, 2.45) is 0 Å². The summed E-state index contributed by atoms with van der Waals surface area (Å²) < 4.78 is 5.68. The zero-order valence-corrected chi connectivity index (χ0v) is 16.6. The molecule has 0 unspecified atom stereocenters. The minimum Gasteiger partial charge on any atom is -0.491 e. The fourth-order valence-corrected chi connectivity index (χ4v) is 3.24. The maximum atomic E-state index is 5.68. The number of anilines is 3. The van der Waals surface area contributed by atoms with E-state index in [4.69, 9.17) is 4.74 Å². The van der Waals surface area contributed by atoms with Gasteiger partial charge in [-0.3, -0.25) is 0 Å². The Labute approximate surface area is 162 Å². The third-order valence-electron chi connectivity index (χ3n) is 4.47. The normalized spacial score (nSPS) is 14.0. The van der Waals surface area contributed by atoms with E-state index in [1.807, 2.05) is 51.1 Å². The first kappa shape index (κ1) is 19.2. The van der Waals surface area contributed by atoms with Crippen LogP contribution in [0.2, 0.25) is 0 Å². The fourth-order valence-electron chi connectivity index (χ4n) is 3.24. The van der Waals surface area contributed by atoms with Crippen molar-refractivity contribution < 1.29 is 4.74 Å². The molecule has 1 aromatic carbocycles. The van der Waals surface area contributed by atoms with Crippen molar-refractivity contribution in [3.8, 4) is 5.75 Å². The molecule has 0 bridgehead atoms. The summed E-state index contributed by atoms with van der Waals surface area (Å²) >= 11 is 0. The van der Waals surface area contributed by atoms with Crippen LogP contribution in [0.1, 0.15) is 51.8 Å². The Morgan fingerprint density at radius 1 is 1.07 bits per heavy atom. The van der Waals surface area contributed by atoms with Crippen LogP contribution >= 0.6 is 0 Å². The Hall–Kier alpha value is -2.56. The van der Waals surface area contributed by atoms with Gasteiger partial charge in [0.05, 0.1) is 6.10 Å². The van der Waals surface area contributed by atoms with Gasteiger partial charge in [0.1, 0.15) is 23.2 Å². The molecule has 1 aliphatic carbocycles. The Bertz CT molecular complexity index is 768. The zero-order chi connectivity index (χ0) is 19.1. The van der Waals surface area contributed by atoms with Crippen LogP contribution in [0.3, 0.4) is 0 Å². The highest BCUT2D eigenvalue weighted by Gasteiger charge is 2.06. The predicted molar refractivity (Wildman–Crippen MR) is 112 cm³/mol. The van der Waals surface area contributed by atoms with Crippen molar-refractivity contribution in [3.05, 3.63) is 47.8 Å². The van der Waals surface area contributed by atoms with Gasteiger partial charge in [-0.25, -0.2) is 9.97 Å². The largest absolute Gasteiger partial charge is 0.491 e. The molecular weight excluding hydrogens is 336 g/mol. The lowest BCUT2D eigenvalue weighted by molar-refractivity contribution is 0.242. The first-order valence-electron chi connectivity index (χ1n) is 9.90. The average Bonchev–Trinajstić information content (AvgIpc) is 2.63. The van der Waals surface area contributed by atoms with Crippen LogP contribution in [0, 0.1) is 6.92 Å². The van der Waals surface area contributed by atoms with Gasteiger partial charge in [-0.15, -0.1) is 0 Å². The molecule has 0 atom stereocenters. The van der Waals surface area contributed by atoms with Gasteiger partial charge >= 0.3 is 0 Å². The van der Waals surface area contributed by atoms with E-state index in [1.54, 1.807) is 5.57 Å². The van der Waals surface area contributed by atoms with E-state index < -0.39 is 0 Å². The first-order chi connectivity index (χ1) is 13.1. The third-order valence-corrected chi connectivity index (χ3v) is 4.47. The summed E-state index contributed by atoms with van der Waals surface area (Å²) in [4.78, 5) is 9.00. The summed E-state index contributed by atoms with van der Waals surface area (Å²) in [5.41, 5.74) is 2.55. The topological polar surface area (TPSA) is 59.1 Å². The van der Waals surface area contributed by atoms with Crippen molar-refractivity contribution in [1.82, 2.24) is 9.97 Å². The maximum absolute atomic E-state index is 5.68. The molecule has 1 aromatic heterocycles. The third kappa shape index (κ3) is 6.27. The molecule has 0 spiro atoms. The molecule has 0 radical (unpaired) electrons. The van der Waals surface area contributed by atoms with E-state index in [0.29, 0.717) is 0 Å². The number of benzene rings is 1. The molecule has 5 heteroatoms. The van der Waals surface area contributed by atoms with Gasteiger partial charge in [0, 0.05) is 18.3 Å². The van der Waals surface area contributed by atoms with Crippen molar-refractivity contribution in [3.63, 3.8) is 0 Å². The Balaban J connectivity index is 1.58. The summed E-state index contributed by atoms with van der Waals surface area (Å²) in [6.07, 6.45) is 8.80. The quantitative estimate of drug-likeness (QED) is 0.594. The van der Waals surface area contributed by atoms with Crippen LogP contribution in [-0.2, 0) is 0 Å². The molecule has 144 valence electrons. The average molecular weight is 367 g/mol. The molecule has 3 rings (SSSR count). The van der Waals surface area contributed by atoms with Crippen LogP contribution < -0.4 is 15.4 Å². The number of hydrogen-bond donors (Lipinski definition) is 2. The minimum absolute atomic E-state index is 0.173. The second-order valence-electron chi connectivity index (χ2n) is 7.29. The van der Waals surface area contributed by atoms with Gasteiger partial charge < -0.3 is 15.4 Å². The smallest absolute Gasteiger partial charge is 0.136 e. The predicted octanol–water partition coefficient (Wildman–Crippen LogP) is 5.62. The van der Waals surface area contributed by atoms with E-state index in [2.05, 4.69) is 26.7 Å². The van der Waals surface area contributed by atoms with Crippen LogP contribution in [0.4, 0.5) is 17.3 Å².